The van der Waals surface area contributed by atoms with Gasteiger partial charge in [0.05, 0.1) is 68.1 Å². The molecule has 0 bridgehead atoms. The monoisotopic (exact) mass is 1710 g/mol. The Labute approximate surface area is 701 Å². The highest BCUT2D eigenvalue weighted by Crippen LogP contribution is 2.42. The molecule has 120 heavy (non-hydrogen) atoms. The number of aliphatic hydroxyl groups excluding tert-OH is 8. The van der Waals surface area contributed by atoms with Gasteiger partial charge in [0.2, 0.25) is 35.4 Å². The van der Waals surface area contributed by atoms with Gasteiger partial charge in [-0.25, -0.2) is 9.59 Å². The van der Waals surface area contributed by atoms with Crippen LogP contribution >= 0.6 is 11.2 Å². The molecule has 3 aromatic carbocycles. The van der Waals surface area contributed by atoms with Gasteiger partial charge in [-0.1, -0.05) is 64.5 Å². The zero-order valence-corrected chi connectivity index (χ0v) is 70.2. The number of piperazine rings is 1. The number of carbonyl (C=O) groups is 9. The lowest BCUT2D eigenvalue weighted by Gasteiger charge is -2.38. The standard InChI is InChI=1S/C74H105N11O25S.C8H19N/c1-5-32-106-73(101)83(50(41-86)42-87)27-24-57(91)63-72(100)85-39-43(3)65(93)64(85)70(98)75-38-51(89)36-55(76-66(94)46-13-15-47(16-14-46)81-28-30-82(31-29-81)49-19-17-48(18-20-49)80-25-22-54(23-26-80)108-53-10-8-7-9-11-53)67(95)77-61(44(4)88)71(99)84-40-52(90)37-56(84)68(96)78-62(69(97)79-63)58(92)34-45-12-21-59(109-74(102)107-33-6-2)60(35-45)110-111(103,104)105;1-6-9(7(2)3)8(4)5/h5-6,12-21,35,43-44,50-58,61-65,86-93,103-105H,1-2,7-11,22-34,36-42H2,3-4H3,(H,75,98)(H,76,94)(H,77,95)(H,78,96)(H,79,97);7-8H,6H2,1-5H3/t43-,44+,51+,52+,55-,56-,57+,58+,61-,62-,63-,64-,65-;/m0./s1. The number of carbonyl (C=O) groups excluding carboxylic acids is 9. The molecule has 1 aliphatic carbocycles. The van der Waals surface area contributed by atoms with Crippen molar-refractivity contribution >= 4 is 81.8 Å². The molecule has 9 rings (SSSR count). The third-order valence-corrected chi connectivity index (χ3v) is 22.8. The van der Waals surface area contributed by atoms with Crippen molar-refractivity contribution in [1.82, 2.24) is 46.2 Å². The fourth-order valence-electron chi connectivity index (χ4n) is 16.0. The van der Waals surface area contributed by atoms with E-state index in [4.69, 9.17) is 23.1 Å². The van der Waals surface area contributed by atoms with Gasteiger partial charge in [0.1, 0.15) is 49.5 Å². The summed E-state index contributed by atoms with van der Waals surface area (Å²) < 4.78 is 56.2. The molecule has 0 spiro atoms. The lowest BCUT2D eigenvalue weighted by molar-refractivity contribution is -0.147. The zero-order valence-electron chi connectivity index (χ0n) is 69.4. The van der Waals surface area contributed by atoms with Crippen molar-refractivity contribution in [3.63, 3.8) is 0 Å². The lowest BCUT2D eigenvalue weighted by Crippen LogP contribution is -2.64. The van der Waals surface area contributed by atoms with Crippen LogP contribution in [0, 0.1) is 5.92 Å². The second-order valence-corrected chi connectivity index (χ2v) is 32.9. The molecule has 16 N–H and O–H groups in total. The van der Waals surface area contributed by atoms with E-state index in [0.29, 0.717) is 50.5 Å². The molecule has 5 aliphatic heterocycles. The fraction of sp³-hybridized carbons (Fsp3) is 0.622. The minimum absolute atomic E-state index is 0.0447. The van der Waals surface area contributed by atoms with Gasteiger partial charge in [0.25, 0.3) is 17.1 Å². The molecule has 6 aliphatic rings. The average Bonchev–Trinajstić information content (AvgIpc) is 1.64. The van der Waals surface area contributed by atoms with E-state index in [0.717, 1.165) is 96.5 Å². The molecular weight excluding hydrogens is 1590 g/mol. The lowest BCUT2D eigenvalue weighted by atomic mass is 9.97. The van der Waals surface area contributed by atoms with Gasteiger partial charge in [-0.05, 0) is 139 Å². The Hall–Kier alpha value is -9.00. The summed E-state index contributed by atoms with van der Waals surface area (Å²) in [5.74, 6) is -10.9. The molecule has 5 saturated heterocycles. The van der Waals surface area contributed by atoms with E-state index < -0.39 is 226 Å². The molecular formula is C82H124N12O25S. The third-order valence-electron chi connectivity index (χ3n) is 22.4. The molecule has 3 aromatic rings. The van der Waals surface area contributed by atoms with Crippen LogP contribution in [0.2, 0.25) is 0 Å². The van der Waals surface area contributed by atoms with Crippen LogP contribution in [0.1, 0.15) is 129 Å². The summed E-state index contributed by atoms with van der Waals surface area (Å²) in [4.78, 5) is 142. The summed E-state index contributed by atoms with van der Waals surface area (Å²) >= 11 is -4.92. The van der Waals surface area contributed by atoms with E-state index in [1.165, 1.54) is 56.2 Å². The minimum Gasteiger partial charge on any atom is -0.445 e. The SMILES string of the molecule is C=CCOC(=O)Oc1ccc(C[C@@H](O)[C@@H]2NC(=O)[C@@H]3C[C@@H](O)CN3C(=O)[C@H]([C@@H](C)O)NC(=O)[C@@H](NC(=O)c3ccc(N4CCN(c5ccc(N6CCC(OC7CCCCC7)CC6)cc5)CC4)cc3)C[C@@H](O)CNC(=O)[C@@H]3[C@@H](O)[C@@H](C)CN3C(=O)[C@H]([C@H](O)CCN(C(=O)OCC=C)C(CO)CO)NC2=O)cc1OS(O)(O)O.CCN(C(C)C)C(C)C. The molecule has 38 heteroatoms. The number of anilines is 3. The van der Waals surface area contributed by atoms with Crippen molar-refractivity contribution in [3.8, 4) is 11.5 Å². The van der Waals surface area contributed by atoms with Crippen LogP contribution < -0.4 is 50.2 Å². The third kappa shape index (κ3) is 27.0. The van der Waals surface area contributed by atoms with Gasteiger partial charge in [0, 0.05) is 125 Å². The number of hydrogen-bond donors (Lipinski definition) is 16. The van der Waals surface area contributed by atoms with E-state index in [1.54, 1.807) is 12.1 Å². The molecule has 8 amide bonds. The van der Waals surface area contributed by atoms with Gasteiger partial charge in [-0.2, -0.15) is 0 Å². The van der Waals surface area contributed by atoms with Crippen LogP contribution in [0.4, 0.5) is 26.7 Å². The van der Waals surface area contributed by atoms with Crippen molar-refractivity contribution in [1.29, 1.82) is 0 Å². The number of aliphatic hydroxyl groups is 8. The van der Waals surface area contributed by atoms with Crippen LogP contribution in [0.15, 0.2) is 92.0 Å². The van der Waals surface area contributed by atoms with Crippen molar-refractivity contribution in [2.75, 3.05) is 113 Å². The van der Waals surface area contributed by atoms with Crippen LogP contribution in [0.5, 0.6) is 11.5 Å². The molecule has 37 nitrogen and oxygen atoms in total. The van der Waals surface area contributed by atoms with Crippen molar-refractivity contribution in [2.24, 2.45) is 5.92 Å². The Morgan fingerprint density at radius 1 is 0.633 bits per heavy atom. The Balaban J connectivity index is 0.00000188. The molecule has 6 fully saturated rings. The molecule has 5 heterocycles. The number of rotatable bonds is 28. The Morgan fingerprint density at radius 3 is 1.73 bits per heavy atom. The number of nitrogens with zero attached hydrogens (tertiary/aromatic N) is 7. The van der Waals surface area contributed by atoms with E-state index >= 15 is 9.59 Å². The summed E-state index contributed by atoms with van der Waals surface area (Å²) in [6, 6.07) is 5.86. The maximum absolute atomic E-state index is 15.4. The Morgan fingerprint density at radius 2 is 1.18 bits per heavy atom. The summed E-state index contributed by atoms with van der Waals surface area (Å²) in [6.07, 6.45) is -5.56. The second-order valence-electron chi connectivity index (χ2n) is 31.8. The number of benzene rings is 3. The predicted octanol–water partition coefficient (Wildman–Crippen LogP) is 1.99. The number of β-amino-alcohol motifs (C(OH)–C–C–N with tert-alkyl or cyclic N) is 1. The quantitative estimate of drug-likeness (QED) is 0.0281. The van der Waals surface area contributed by atoms with Crippen molar-refractivity contribution in [3.05, 3.63) is 103 Å². The van der Waals surface area contributed by atoms with Gasteiger partial charge < -0.3 is 120 Å². The largest absolute Gasteiger partial charge is 0.514 e. The zero-order chi connectivity index (χ0) is 87.8. The van der Waals surface area contributed by atoms with E-state index in [-0.39, 0.29) is 24.3 Å². The number of hydrogen-bond acceptors (Lipinski definition) is 29. The highest BCUT2D eigenvalue weighted by atomic mass is 32.3. The maximum atomic E-state index is 15.4. The minimum atomic E-state index is -4.92. The maximum Gasteiger partial charge on any atom is 0.514 e. The number of piperidine rings is 1. The highest BCUT2D eigenvalue weighted by molar-refractivity contribution is 8.15. The normalized spacial score (nSPS) is 24.5. The topological polar surface area (TPSA) is 505 Å². The molecule has 0 unspecified atom stereocenters. The summed E-state index contributed by atoms with van der Waals surface area (Å²) in [6.45, 7) is 21.3. The van der Waals surface area contributed by atoms with E-state index in [9.17, 15) is 88.1 Å². The second kappa shape index (κ2) is 45.8. The van der Waals surface area contributed by atoms with Crippen LogP contribution in [-0.4, -0.2) is 329 Å². The van der Waals surface area contributed by atoms with Gasteiger partial charge >= 0.3 is 12.2 Å². The first kappa shape index (κ1) is 96.5. The summed E-state index contributed by atoms with van der Waals surface area (Å²) in [5, 5.41) is 103. The Kier molecular flexibility index (Phi) is 36.8. The van der Waals surface area contributed by atoms with Crippen molar-refractivity contribution < 1.29 is 121 Å². The molecule has 1 saturated carbocycles. The van der Waals surface area contributed by atoms with E-state index in [2.05, 4.69) is 118 Å². The van der Waals surface area contributed by atoms with Crippen molar-refractivity contribution in [2.45, 2.75) is 222 Å². The van der Waals surface area contributed by atoms with Gasteiger partial charge in [-0.3, -0.25) is 52.1 Å². The smallest absolute Gasteiger partial charge is 0.445 e. The molecule has 0 aromatic heterocycles. The number of amides is 8. The predicted molar refractivity (Wildman–Crippen MR) is 444 cm³/mol. The first-order valence-electron chi connectivity index (χ1n) is 41.2. The van der Waals surface area contributed by atoms with E-state index in [1.807, 2.05) is 0 Å². The summed E-state index contributed by atoms with van der Waals surface area (Å²) in [5.41, 5.74) is 2.93. The summed E-state index contributed by atoms with van der Waals surface area (Å²) in [7, 11) is 0. The number of nitrogens with one attached hydrogen (secondary N) is 5. The van der Waals surface area contributed by atoms with Gasteiger partial charge in [0.15, 0.2) is 11.5 Å². The highest BCUT2D eigenvalue weighted by Gasteiger charge is 2.50. The van der Waals surface area contributed by atoms with Gasteiger partial charge in [-0.15, -0.1) is 0 Å². The first-order valence-corrected chi connectivity index (χ1v) is 42.6. The van der Waals surface area contributed by atoms with Crippen LogP contribution in [0.25, 0.3) is 0 Å². The molecule has 13 atom stereocenters. The van der Waals surface area contributed by atoms with Crippen LogP contribution in [0.3, 0.4) is 0 Å². The number of fused-ring (bicyclic) bond motifs is 2. The average molecular weight is 1710 g/mol. The van der Waals surface area contributed by atoms with Crippen LogP contribution in [-0.2, 0) is 49.4 Å². The number of ether oxygens (including phenoxy) is 4. The fourth-order valence-corrected chi connectivity index (χ4v) is 16.4. The molecule has 668 valence electrons. The Bertz CT molecular complexity index is 3870. The first-order chi connectivity index (χ1) is 57.1. The molecule has 0 radical (unpaired) electrons.